The number of rotatable bonds is 11. The van der Waals surface area contributed by atoms with Crippen LogP contribution in [0.25, 0.3) is 0 Å². The molecule has 230 valence electrons. The Balaban J connectivity index is 1.80. The van der Waals surface area contributed by atoms with Crippen LogP contribution in [0, 0.1) is 6.92 Å². The predicted octanol–water partition coefficient (Wildman–Crippen LogP) is 6.51. The second-order valence-corrected chi connectivity index (χ2v) is 14.5. The highest BCUT2D eigenvalue weighted by molar-refractivity contribution is 9.10. The van der Waals surface area contributed by atoms with Crippen LogP contribution in [-0.4, -0.2) is 43.3 Å². The molecule has 0 aromatic heterocycles. The Kier molecular flexibility index (Phi) is 10.7. The van der Waals surface area contributed by atoms with Crippen molar-refractivity contribution in [2.75, 3.05) is 10.8 Å². The van der Waals surface area contributed by atoms with Crippen LogP contribution in [0.5, 0.6) is 0 Å². The van der Waals surface area contributed by atoms with E-state index in [2.05, 4.69) is 21.2 Å². The van der Waals surface area contributed by atoms with E-state index in [4.69, 9.17) is 0 Å². The molecule has 1 N–H and O–H groups in total. The van der Waals surface area contributed by atoms with E-state index >= 15 is 0 Å². The van der Waals surface area contributed by atoms with Crippen molar-refractivity contribution in [1.82, 2.24) is 10.2 Å². The number of sulfonamides is 1. The van der Waals surface area contributed by atoms with E-state index in [-0.39, 0.29) is 23.8 Å². The second kappa shape index (κ2) is 14.2. The normalized spacial score (nSPS) is 12.3. The van der Waals surface area contributed by atoms with Gasteiger partial charge in [-0.25, -0.2) is 8.42 Å². The molecule has 9 heteroatoms. The van der Waals surface area contributed by atoms with Gasteiger partial charge in [0.2, 0.25) is 11.8 Å². The maximum absolute atomic E-state index is 14.5. The summed E-state index contributed by atoms with van der Waals surface area (Å²) in [5.74, 6) is -0.827. The van der Waals surface area contributed by atoms with Crippen LogP contribution >= 0.6 is 15.9 Å². The van der Waals surface area contributed by atoms with Crippen molar-refractivity contribution >= 4 is 43.5 Å². The molecule has 4 aromatic rings. The highest BCUT2D eigenvalue weighted by Gasteiger charge is 2.35. The van der Waals surface area contributed by atoms with Crippen LogP contribution in [0.15, 0.2) is 119 Å². The van der Waals surface area contributed by atoms with Crippen molar-refractivity contribution < 1.29 is 18.0 Å². The van der Waals surface area contributed by atoms with E-state index in [9.17, 15) is 18.0 Å². The van der Waals surface area contributed by atoms with E-state index in [0.29, 0.717) is 5.69 Å². The summed E-state index contributed by atoms with van der Waals surface area (Å²) in [5, 5.41) is 3.04. The van der Waals surface area contributed by atoms with Gasteiger partial charge >= 0.3 is 0 Å². The number of carbonyl (C=O) groups is 2. The van der Waals surface area contributed by atoms with E-state index in [0.717, 1.165) is 25.5 Å². The number of hydrogen-bond donors (Lipinski definition) is 1. The van der Waals surface area contributed by atoms with Crippen molar-refractivity contribution in [3.8, 4) is 0 Å². The molecule has 4 aromatic carbocycles. The summed E-state index contributed by atoms with van der Waals surface area (Å²) in [5.41, 5.74) is 2.38. The third kappa shape index (κ3) is 8.80. The number of para-hydroxylation sites is 1. The first-order valence-electron chi connectivity index (χ1n) is 14.4. The summed E-state index contributed by atoms with van der Waals surface area (Å²) < 4.78 is 30.1. The molecular formula is C35H38BrN3O4S. The number of nitrogens with zero attached hydrogens (tertiary/aromatic N) is 2. The molecule has 0 radical (unpaired) electrons. The molecule has 2 amide bonds. The molecule has 0 aliphatic carbocycles. The Labute approximate surface area is 269 Å². The molecule has 0 saturated carbocycles. The Morgan fingerprint density at radius 3 is 2.00 bits per heavy atom. The highest BCUT2D eigenvalue weighted by atomic mass is 79.9. The Hall–Kier alpha value is -3.95. The smallest absolute Gasteiger partial charge is 0.264 e. The first-order chi connectivity index (χ1) is 20.8. The van der Waals surface area contributed by atoms with E-state index in [1.807, 2.05) is 82.3 Å². The fourth-order valence-corrected chi connectivity index (χ4v) is 6.66. The van der Waals surface area contributed by atoms with Crippen LogP contribution in [0.3, 0.4) is 0 Å². The van der Waals surface area contributed by atoms with Crippen LogP contribution in [-0.2, 0) is 32.6 Å². The number of nitrogens with one attached hydrogen (secondary N) is 1. The molecule has 0 saturated heterocycles. The zero-order valence-corrected chi connectivity index (χ0v) is 27.8. The molecule has 0 aliphatic rings. The highest BCUT2D eigenvalue weighted by Crippen LogP contribution is 2.25. The molecule has 0 fully saturated rings. The van der Waals surface area contributed by atoms with E-state index in [1.54, 1.807) is 54.6 Å². The quantitative estimate of drug-likeness (QED) is 0.196. The lowest BCUT2D eigenvalue weighted by Gasteiger charge is -2.35. The number of hydrogen-bond acceptors (Lipinski definition) is 4. The average Bonchev–Trinajstić information content (AvgIpc) is 2.98. The topological polar surface area (TPSA) is 86.8 Å². The molecule has 0 heterocycles. The van der Waals surface area contributed by atoms with Gasteiger partial charge in [-0.3, -0.25) is 13.9 Å². The van der Waals surface area contributed by atoms with Gasteiger partial charge < -0.3 is 10.2 Å². The fourth-order valence-electron chi connectivity index (χ4n) is 4.80. The van der Waals surface area contributed by atoms with Crippen molar-refractivity contribution in [1.29, 1.82) is 0 Å². The first-order valence-corrected chi connectivity index (χ1v) is 16.6. The Morgan fingerprint density at radius 2 is 1.41 bits per heavy atom. The van der Waals surface area contributed by atoms with Gasteiger partial charge in [0.1, 0.15) is 12.6 Å². The lowest BCUT2D eigenvalue weighted by Crippen LogP contribution is -2.56. The molecule has 0 bridgehead atoms. The van der Waals surface area contributed by atoms with Crippen LogP contribution in [0.2, 0.25) is 0 Å². The largest absolute Gasteiger partial charge is 0.350 e. The van der Waals surface area contributed by atoms with Gasteiger partial charge in [-0.15, -0.1) is 0 Å². The number of aryl methyl sites for hydroxylation is 1. The lowest BCUT2D eigenvalue weighted by molar-refractivity contribution is -0.140. The average molecular weight is 677 g/mol. The van der Waals surface area contributed by atoms with Crippen molar-refractivity contribution in [3.05, 3.63) is 130 Å². The fraction of sp³-hybridized carbons (Fsp3) is 0.257. The van der Waals surface area contributed by atoms with Crippen molar-refractivity contribution in [2.45, 2.75) is 57.1 Å². The minimum Gasteiger partial charge on any atom is -0.350 e. The molecule has 0 spiro atoms. The first kappa shape index (κ1) is 33.0. The molecule has 1 atom stereocenters. The van der Waals surface area contributed by atoms with Gasteiger partial charge in [0.15, 0.2) is 0 Å². The number of benzene rings is 4. The number of amides is 2. The summed E-state index contributed by atoms with van der Waals surface area (Å²) in [6.07, 6.45) is 0.249. The molecule has 1 unspecified atom stereocenters. The summed E-state index contributed by atoms with van der Waals surface area (Å²) in [7, 11) is -4.13. The van der Waals surface area contributed by atoms with E-state index in [1.165, 1.54) is 4.90 Å². The van der Waals surface area contributed by atoms with Gasteiger partial charge in [0.25, 0.3) is 10.0 Å². The van der Waals surface area contributed by atoms with Crippen LogP contribution < -0.4 is 9.62 Å². The lowest BCUT2D eigenvalue weighted by atomic mass is 10.0. The van der Waals surface area contributed by atoms with Crippen molar-refractivity contribution in [2.24, 2.45) is 0 Å². The summed E-state index contributed by atoms with van der Waals surface area (Å²) in [4.78, 5) is 30.0. The number of anilines is 1. The Bertz CT molecular complexity index is 1670. The number of halogens is 1. The predicted molar refractivity (Wildman–Crippen MR) is 179 cm³/mol. The van der Waals surface area contributed by atoms with Gasteiger partial charge in [0.05, 0.1) is 10.6 Å². The zero-order valence-electron chi connectivity index (χ0n) is 25.4. The molecule has 4 rings (SSSR count). The van der Waals surface area contributed by atoms with Crippen LogP contribution in [0.1, 0.15) is 37.5 Å². The van der Waals surface area contributed by atoms with Gasteiger partial charge in [-0.05, 0) is 75.2 Å². The monoisotopic (exact) mass is 675 g/mol. The van der Waals surface area contributed by atoms with Gasteiger partial charge in [-0.2, -0.15) is 0 Å². The zero-order chi connectivity index (χ0) is 31.9. The molecule has 44 heavy (non-hydrogen) atoms. The maximum atomic E-state index is 14.5. The van der Waals surface area contributed by atoms with Crippen molar-refractivity contribution in [3.63, 3.8) is 0 Å². The SMILES string of the molecule is Cc1ccc(S(=O)(=O)N(CC(=O)N(Cc2cccc(Br)c2)C(Cc2ccccc2)C(=O)NC(C)(C)C)c2ccccc2)cc1. The minimum atomic E-state index is -4.13. The maximum Gasteiger partial charge on any atom is 0.264 e. The van der Waals surface area contributed by atoms with E-state index < -0.39 is 34.1 Å². The second-order valence-electron chi connectivity index (χ2n) is 11.8. The van der Waals surface area contributed by atoms with Gasteiger partial charge in [0, 0.05) is 23.0 Å². The summed E-state index contributed by atoms with van der Waals surface area (Å²) in [6, 6.07) is 31.2. The third-order valence-corrected chi connectivity index (χ3v) is 9.22. The minimum absolute atomic E-state index is 0.0737. The third-order valence-electron chi connectivity index (χ3n) is 6.94. The van der Waals surface area contributed by atoms with Crippen LogP contribution in [0.4, 0.5) is 5.69 Å². The molecular weight excluding hydrogens is 638 g/mol. The Morgan fingerprint density at radius 1 is 0.818 bits per heavy atom. The molecule has 7 nitrogen and oxygen atoms in total. The number of carbonyl (C=O) groups excluding carboxylic acids is 2. The summed E-state index contributed by atoms with van der Waals surface area (Å²) >= 11 is 3.51. The standard InChI is InChI=1S/C35H38BrN3O4S/c1-26-18-20-31(21-19-26)44(42,43)39(30-16-9-6-10-17-30)25-33(40)38(24-28-14-11-15-29(36)22-28)32(34(41)37-35(2,3)4)23-27-12-7-5-8-13-27/h5-22,32H,23-25H2,1-4H3,(H,37,41). The summed E-state index contributed by atoms with van der Waals surface area (Å²) in [6.45, 7) is 7.13. The van der Waals surface area contributed by atoms with Gasteiger partial charge in [-0.1, -0.05) is 94.3 Å². The molecule has 0 aliphatic heterocycles.